The minimum absolute atomic E-state index is 0. The molecular formula is C12H28S. The zero-order chi connectivity index (χ0) is 9.07. The Labute approximate surface area is 90.9 Å². The van der Waals surface area contributed by atoms with Crippen molar-refractivity contribution >= 4 is 12.6 Å². The summed E-state index contributed by atoms with van der Waals surface area (Å²) in [5.41, 5.74) is 0. The average molecular weight is 204 g/mol. The van der Waals surface area contributed by atoms with E-state index in [0.717, 1.165) is 5.75 Å². The van der Waals surface area contributed by atoms with Crippen LogP contribution < -0.4 is 0 Å². The minimum Gasteiger partial charge on any atom is -0.179 e. The van der Waals surface area contributed by atoms with Gasteiger partial charge in [0.1, 0.15) is 0 Å². The molecule has 0 aromatic rings. The second-order valence-corrected chi connectivity index (χ2v) is 4.00. The second-order valence-electron chi connectivity index (χ2n) is 3.55. The van der Waals surface area contributed by atoms with Gasteiger partial charge in [-0.25, -0.2) is 0 Å². The van der Waals surface area contributed by atoms with Gasteiger partial charge < -0.3 is 0 Å². The van der Waals surface area contributed by atoms with Gasteiger partial charge in [0.05, 0.1) is 0 Å². The van der Waals surface area contributed by atoms with Crippen LogP contribution in [0.15, 0.2) is 0 Å². The molecule has 0 aromatic carbocycles. The molecule has 0 aromatic heterocycles. The summed E-state index contributed by atoms with van der Waals surface area (Å²) in [5.74, 6) is 1.07. The molecule has 13 heavy (non-hydrogen) atoms. The summed E-state index contributed by atoms with van der Waals surface area (Å²) in [4.78, 5) is 0. The Bertz CT molecular complexity index is 61.5. The average Bonchev–Trinajstić information content (AvgIpc) is 2.10. The molecule has 1 heteroatoms. The molecule has 0 unspecified atom stereocenters. The van der Waals surface area contributed by atoms with Gasteiger partial charge in [0, 0.05) is 0 Å². The topological polar surface area (TPSA) is 0 Å². The highest BCUT2D eigenvalue weighted by molar-refractivity contribution is 7.80. The lowest BCUT2D eigenvalue weighted by molar-refractivity contribution is 0.573. The van der Waals surface area contributed by atoms with Crippen molar-refractivity contribution in [2.24, 2.45) is 0 Å². The van der Waals surface area contributed by atoms with E-state index >= 15 is 0 Å². The van der Waals surface area contributed by atoms with Gasteiger partial charge in [-0.15, -0.1) is 0 Å². The van der Waals surface area contributed by atoms with E-state index in [-0.39, 0.29) is 7.43 Å². The minimum atomic E-state index is 0. The Hall–Kier alpha value is 0.350. The third-order valence-corrected chi connectivity index (χ3v) is 2.58. The molecule has 0 amide bonds. The van der Waals surface area contributed by atoms with Crippen molar-refractivity contribution in [2.45, 2.75) is 72.1 Å². The monoisotopic (exact) mass is 204 g/mol. The summed E-state index contributed by atoms with van der Waals surface area (Å²) in [6.45, 7) is 2.27. The lowest BCUT2D eigenvalue weighted by Gasteiger charge is -1.99. The molecular weight excluding hydrogens is 176 g/mol. The normalized spacial score (nSPS) is 9.69. The van der Waals surface area contributed by atoms with E-state index in [1.54, 1.807) is 0 Å². The largest absolute Gasteiger partial charge is 0.179 e. The van der Waals surface area contributed by atoms with Gasteiger partial charge in [-0.05, 0) is 12.2 Å². The standard InChI is InChI=1S/C11H24S.CH4/c1-2-3-4-5-6-7-8-9-10-11-12;/h12H,2-11H2,1H3;1H4. The maximum atomic E-state index is 4.19. The lowest BCUT2D eigenvalue weighted by atomic mass is 10.1. The van der Waals surface area contributed by atoms with Gasteiger partial charge in [0.15, 0.2) is 0 Å². The van der Waals surface area contributed by atoms with E-state index < -0.39 is 0 Å². The van der Waals surface area contributed by atoms with Crippen LogP contribution in [0.25, 0.3) is 0 Å². The summed E-state index contributed by atoms with van der Waals surface area (Å²) in [5, 5.41) is 0. The van der Waals surface area contributed by atoms with Crippen molar-refractivity contribution in [1.82, 2.24) is 0 Å². The summed E-state index contributed by atoms with van der Waals surface area (Å²) in [6.07, 6.45) is 12.7. The summed E-state index contributed by atoms with van der Waals surface area (Å²) >= 11 is 4.19. The summed E-state index contributed by atoms with van der Waals surface area (Å²) < 4.78 is 0. The highest BCUT2D eigenvalue weighted by atomic mass is 32.1. The van der Waals surface area contributed by atoms with E-state index in [1.165, 1.54) is 57.8 Å². The summed E-state index contributed by atoms with van der Waals surface area (Å²) in [7, 11) is 0. The molecule has 0 aliphatic heterocycles. The Morgan fingerprint density at radius 2 is 1.08 bits per heavy atom. The molecule has 0 aliphatic rings. The molecule has 0 aliphatic carbocycles. The van der Waals surface area contributed by atoms with Gasteiger partial charge in [0.2, 0.25) is 0 Å². The van der Waals surface area contributed by atoms with Crippen LogP contribution in [0, 0.1) is 0 Å². The quantitative estimate of drug-likeness (QED) is 0.393. The number of unbranched alkanes of at least 4 members (excludes halogenated alkanes) is 8. The van der Waals surface area contributed by atoms with Crippen molar-refractivity contribution in [2.75, 3.05) is 5.75 Å². The van der Waals surface area contributed by atoms with Crippen LogP contribution in [0.4, 0.5) is 0 Å². The number of rotatable bonds is 9. The Balaban J connectivity index is 0. The molecule has 0 spiro atoms. The van der Waals surface area contributed by atoms with Crippen LogP contribution in [-0.2, 0) is 0 Å². The fourth-order valence-electron chi connectivity index (χ4n) is 1.42. The molecule has 82 valence electrons. The first-order valence-electron chi connectivity index (χ1n) is 5.52. The van der Waals surface area contributed by atoms with E-state index in [1.807, 2.05) is 0 Å². The predicted octanol–water partition coefficient (Wildman–Crippen LogP) is 5.08. The molecule has 0 radical (unpaired) electrons. The second kappa shape index (κ2) is 14.9. The fourth-order valence-corrected chi connectivity index (χ4v) is 1.65. The smallest absolute Gasteiger partial charge is 0.00979 e. The highest BCUT2D eigenvalue weighted by Gasteiger charge is 1.90. The first-order chi connectivity index (χ1) is 5.91. The molecule has 0 atom stereocenters. The molecule has 0 heterocycles. The van der Waals surface area contributed by atoms with E-state index in [0.29, 0.717) is 0 Å². The Morgan fingerprint density at radius 3 is 1.46 bits per heavy atom. The van der Waals surface area contributed by atoms with E-state index in [9.17, 15) is 0 Å². The van der Waals surface area contributed by atoms with Crippen molar-refractivity contribution < 1.29 is 0 Å². The van der Waals surface area contributed by atoms with Crippen LogP contribution in [0.2, 0.25) is 0 Å². The Kier molecular flexibility index (Phi) is 18.1. The van der Waals surface area contributed by atoms with Crippen LogP contribution >= 0.6 is 12.6 Å². The van der Waals surface area contributed by atoms with Gasteiger partial charge in [-0.2, -0.15) is 12.6 Å². The molecule has 0 saturated carbocycles. The zero-order valence-corrected chi connectivity index (χ0v) is 9.41. The van der Waals surface area contributed by atoms with Gasteiger partial charge in [-0.3, -0.25) is 0 Å². The van der Waals surface area contributed by atoms with E-state index in [4.69, 9.17) is 0 Å². The first-order valence-corrected chi connectivity index (χ1v) is 6.16. The maximum absolute atomic E-state index is 4.19. The van der Waals surface area contributed by atoms with Gasteiger partial charge >= 0.3 is 0 Å². The van der Waals surface area contributed by atoms with Crippen molar-refractivity contribution in [1.29, 1.82) is 0 Å². The van der Waals surface area contributed by atoms with Crippen molar-refractivity contribution in [3.05, 3.63) is 0 Å². The van der Waals surface area contributed by atoms with Crippen molar-refractivity contribution in [3.63, 3.8) is 0 Å². The van der Waals surface area contributed by atoms with Crippen molar-refractivity contribution in [3.8, 4) is 0 Å². The first kappa shape index (κ1) is 15.8. The van der Waals surface area contributed by atoms with Gasteiger partial charge in [0.25, 0.3) is 0 Å². The van der Waals surface area contributed by atoms with Crippen LogP contribution in [0.5, 0.6) is 0 Å². The third-order valence-electron chi connectivity index (χ3n) is 2.26. The number of hydrogen-bond donors (Lipinski definition) is 1. The SMILES string of the molecule is C.CCCCCCCCCCCS. The molecule has 0 saturated heterocycles. The van der Waals surface area contributed by atoms with E-state index in [2.05, 4.69) is 19.6 Å². The van der Waals surface area contributed by atoms with Crippen LogP contribution in [0.3, 0.4) is 0 Å². The molecule has 0 bridgehead atoms. The van der Waals surface area contributed by atoms with Gasteiger partial charge in [-0.1, -0.05) is 65.7 Å². The zero-order valence-electron chi connectivity index (χ0n) is 8.52. The maximum Gasteiger partial charge on any atom is -0.00979 e. The third kappa shape index (κ3) is 15.1. The molecule has 0 N–H and O–H groups in total. The Morgan fingerprint density at radius 1 is 0.692 bits per heavy atom. The highest BCUT2D eigenvalue weighted by Crippen LogP contribution is 2.09. The predicted molar refractivity (Wildman–Crippen MR) is 67.8 cm³/mol. The fraction of sp³-hybridized carbons (Fsp3) is 1.00. The number of hydrogen-bond acceptors (Lipinski definition) is 1. The molecule has 0 rings (SSSR count). The molecule has 0 fully saturated rings. The lowest BCUT2D eigenvalue weighted by Crippen LogP contribution is -1.81. The summed E-state index contributed by atoms with van der Waals surface area (Å²) in [6, 6.07) is 0. The molecule has 0 nitrogen and oxygen atoms in total. The van der Waals surface area contributed by atoms with Crippen LogP contribution in [-0.4, -0.2) is 5.75 Å². The van der Waals surface area contributed by atoms with Crippen LogP contribution in [0.1, 0.15) is 72.1 Å². The number of thiol groups is 1.